The number of thioether (sulfide) groups is 1. The van der Waals surface area contributed by atoms with Crippen molar-refractivity contribution in [3.63, 3.8) is 0 Å². The number of hydrogen-bond acceptors (Lipinski definition) is 5. The third-order valence-corrected chi connectivity index (χ3v) is 5.33. The van der Waals surface area contributed by atoms with E-state index in [9.17, 15) is 9.59 Å². The number of nitrogens with one attached hydrogen (secondary N) is 1. The van der Waals surface area contributed by atoms with E-state index in [2.05, 4.69) is 23.8 Å². The van der Waals surface area contributed by atoms with E-state index in [0.717, 1.165) is 22.9 Å². The van der Waals surface area contributed by atoms with Gasteiger partial charge in [0.15, 0.2) is 17.4 Å². The maximum atomic E-state index is 12.3. The van der Waals surface area contributed by atoms with Crippen molar-refractivity contribution in [1.29, 1.82) is 0 Å². The van der Waals surface area contributed by atoms with Gasteiger partial charge in [-0.1, -0.05) is 56.5 Å². The first-order chi connectivity index (χ1) is 11.5. The molecule has 2 unspecified atom stereocenters. The predicted octanol–water partition coefficient (Wildman–Crippen LogP) is 2.81. The Morgan fingerprint density at radius 3 is 2.67 bits per heavy atom. The van der Waals surface area contributed by atoms with Crippen LogP contribution < -0.4 is 5.32 Å². The number of fused-ring (bicyclic) bond motifs is 1. The van der Waals surface area contributed by atoms with Gasteiger partial charge in [-0.05, 0) is 13.3 Å². The van der Waals surface area contributed by atoms with Crippen LogP contribution in [0.3, 0.4) is 0 Å². The van der Waals surface area contributed by atoms with Gasteiger partial charge >= 0.3 is 6.03 Å². The summed E-state index contributed by atoms with van der Waals surface area (Å²) in [5.41, 5.74) is 0.972. The van der Waals surface area contributed by atoms with E-state index in [1.807, 2.05) is 11.8 Å². The second-order valence-corrected chi connectivity index (χ2v) is 7.59. The summed E-state index contributed by atoms with van der Waals surface area (Å²) in [7, 11) is 1.68. The zero-order chi connectivity index (χ0) is 17.7. The van der Waals surface area contributed by atoms with Gasteiger partial charge in [-0.25, -0.2) is 9.79 Å². The molecule has 0 aromatic heterocycles. The van der Waals surface area contributed by atoms with E-state index in [1.165, 1.54) is 30.6 Å². The number of nitrogens with zero attached hydrogens (tertiary/aromatic N) is 3. The van der Waals surface area contributed by atoms with Crippen LogP contribution in [0.5, 0.6) is 0 Å². The Bertz CT molecular complexity index is 535. The Morgan fingerprint density at radius 1 is 1.29 bits per heavy atom. The van der Waals surface area contributed by atoms with E-state index < -0.39 is 12.2 Å². The van der Waals surface area contributed by atoms with Gasteiger partial charge in [-0.15, -0.1) is 0 Å². The van der Waals surface area contributed by atoms with Crippen LogP contribution in [-0.2, 0) is 4.79 Å². The predicted molar refractivity (Wildman–Crippen MR) is 99.0 cm³/mol. The molecular weight excluding hydrogens is 324 g/mol. The lowest BCUT2D eigenvalue weighted by Gasteiger charge is -2.36. The quantitative estimate of drug-likeness (QED) is 0.539. The fourth-order valence-electron chi connectivity index (χ4n) is 2.95. The van der Waals surface area contributed by atoms with Crippen molar-refractivity contribution in [3.8, 4) is 0 Å². The van der Waals surface area contributed by atoms with E-state index in [-0.39, 0.29) is 11.9 Å². The fraction of sp³-hybridized carbons (Fsp3) is 0.706. The summed E-state index contributed by atoms with van der Waals surface area (Å²) in [6.45, 7) is 8.69. The second kappa shape index (κ2) is 8.55. The van der Waals surface area contributed by atoms with Crippen molar-refractivity contribution in [1.82, 2.24) is 15.1 Å². The first kappa shape index (κ1) is 18.8. The van der Waals surface area contributed by atoms with Gasteiger partial charge in [0, 0.05) is 19.3 Å². The van der Waals surface area contributed by atoms with E-state index >= 15 is 0 Å². The number of rotatable bonds is 8. The number of urea groups is 1. The third-order valence-electron chi connectivity index (χ3n) is 4.24. The first-order valence-electron chi connectivity index (χ1n) is 8.65. The Kier molecular flexibility index (Phi) is 6.71. The van der Waals surface area contributed by atoms with E-state index in [4.69, 9.17) is 0 Å². The number of unbranched alkanes of at least 4 members (excludes halogenated alkanes) is 4. The number of carbonyl (C=O) groups is 2. The summed E-state index contributed by atoms with van der Waals surface area (Å²) < 4.78 is 0. The molecule has 0 aromatic rings. The Morgan fingerprint density at radius 2 is 2.00 bits per heavy atom. The number of likely N-dealkylation sites (N-methyl/N-ethyl adjacent to an activating group) is 1. The van der Waals surface area contributed by atoms with Crippen LogP contribution in [-0.4, -0.2) is 58.5 Å². The summed E-state index contributed by atoms with van der Waals surface area (Å²) in [6.07, 6.45) is 5.72. The molecule has 2 atom stereocenters. The highest BCUT2D eigenvalue weighted by atomic mass is 32.2. The maximum Gasteiger partial charge on any atom is 0.325 e. The summed E-state index contributed by atoms with van der Waals surface area (Å²) >= 11 is 1.68. The normalized spacial score (nSPS) is 23.2. The fourth-order valence-corrected chi connectivity index (χ4v) is 4.00. The second-order valence-electron chi connectivity index (χ2n) is 6.52. The van der Waals surface area contributed by atoms with Gasteiger partial charge in [0.05, 0.1) is 0 Å². The number of aliphatic imine (C=N–C) groups is 1. The van der Waals surface area contributed by atoms with Crippen molar-refractivity contribution in [2.75, 3.05) is 19.3 Å². The molecule has 0 spiro atoms. The standard InChI is InChI=1S/C17H28N4O2S/c1-5-6-7-8-9-10-24-17-18-14-13(21(17)11-12(2)3)15(22)19-16(23)20(14)4/h13-14H,2,5-11H2,1,3-4H3,(H,19,22,23). The number of carbonyl (C=O) groups excluding carboxylic acids is 2. The van der Waals surface area contributed by atoms with Crippen molar-refractivity contribution < 1.29 is 9.59 Å². The van der Waals surface area contributed by atoms with E-state index in [0.29, 0.717) is 6.54 Å². The molecule has 1 fully saturated rings. The molecule has 2 aliphatic heterocycles. The van der Waals surface area contributed by atoms with Crippen LogP contribution >= 0.6 is 11.8 Å². The van der Waals surface area contributed by atoms with Gasteiger partial charge in [-0.2, -0.15) is 0 Å². The molecule has 0 bridgehead atoms. The van der Waals surface area contributed by atoms with Crippen molar-refractivity contribution >= 4 is 28.9 Å². The molecule has 0 radical (unpaired) electrons. The van der Waals surface area contributed by atoms with Crippen LogP contribution in [0.2, 0.25) is 0 Å². The Labute approximate surface area is 148 Å². The molecule has 1 N–H and O–H groups in total. The molecule has 134 valence electrons. The van der Waals surface area contributed by atoms with Gasteiger partial charge < -0.3 is 9.80 Å². The molecule has 0 saturated carbocycles. The number of amides is 3. The number of imide groups is 1. The minimum Gasteiger partial charge on any atom is -0.332 e. The molecule has 3 amide bonds. The maximum absolute atomic E-state index is 12.3. The summed E-state index contributed by atoms with van der Waals surface area (Å²) in [5, 5.41) is 3.26. The minimum atomic E-state index is -0.452. The Balaban J connectivity index is 2.02. The van der Waals surface area contributed by atoms with Crippen molar-refractivity contribution in [3.05, 3.63) is 12.2 Å². The lowest BCUT2D eigenvalue weighted by molar-refractivity contribution is -0.126. The van der Waals surface area contributed by atoms with Gasteiger partial charge in [0.2, 0.25) is 0 Å². The first-order valence-corrected chi connectivity index (χ1v) is 9.63. The molecule has 24 heavy (non-hydrogen) atoms. The van der Waals surface area contributed by atoms with Crippen molar-refractivity contribution in [2.45, 2.75) is 58.2 Å². The highest BCUT2D eigenvalue weighted by molar-refractivity contribution is 8.13. The molecule has 0 aromatic carbocycles. The largest absolute Gasteiger partial charge is 0.332 e. The number of hydrogen-bond donors (Lipinski definition) is 1. The van der Waals surface area contributed by atoms with Crippen LogP contribution in [0.1, 0.15) is 46.0 Å². The monoisotopic (exact) mass is 352 g/mol. The Hall–Kier alpha value is -1.50. The van der Waals surface area contributed by atoms with Gasteiger partial charge in [0.25, 0.3) is 5.91 Å². The van der Waals surface area contributed by atoms with Crippen LogP contribution in [0.25, 0.3) is 0 Å². The topological polar surface area (TPSA) is 65.0 Å². The molecule has 2 rings (SSSR count). The average Bonchev–Trinajstić information content (AvgIpc) is 2.87. The lowest BCUT2D eigenvalue weighted by Crippen LogP contribution is -2.63. The third kappa shape index (κ3) is 4.32. The molecule has 7 heteroatoms. The van der Waals surface area contributed by atoms with Gasteiger partial charge in [0.1, 0.15) is 0 Å². The summed E-state index contributed by atoms with van der Waals surface area (Å²) in [5.74, 6) is 0.708. The molecule has 2 aliphatic rings. The molecular formula is C17H28N4O2S. The van der Waals surface area contributed by atoms with Crippen molar-refractivity contribution in [2.24, 2.45) is 4.99 Å². The lowest BCUT2D eigenvalue weighted by atomic mass is 10.1. The van der Waals surface area contributed by atoms with Crippen LogP contribution in [0.15, 0.2) is 17.1 Å². The highest BCUT2D eigenvalue weighted by Gasteiger charge is 2.48. The minimum absolute atomic E-state index is 0.272. The highest BCUT2D eigenvalue weighted by Crippen LogP contribution is 2.29. The zero-order valence-electron chi connectivity index (χ0n) is 14.9. The molecule has 0 aliphatic carbocycles. The van der Waals surface area contributed by atoms with Crippen LogP contribution in [0.4, 0.5) is 4.79 Å². The van der Waals surface area contributed by atoms with Gasteiger partial charge in [-0.3, -0.25) is 10.1 Å². The zero-order valence-corrected chi connectivity index (χ0v) is 15.7. The smallest absolute Gasteiger partial charge is 0.325 e. The molecule has 2 heterocycles. The molecule has 6 nitrogen and oxygen atoms in total. The number of amidine groups is 1. The molecule has 1 saturated heterocycles. The average molecular weight is 353 g/mol. The van der Waals surface area contributed by atoms with Crippen LogP contribution in [0, 0.1) is 0 Å². The van der Waals surface area contributed by atoms with E-state index in [1.54, 1.807) is 18.8 Å². The summed E-state index contributed by atoms with van der Waals surface area (Å²) in [6, 6.07) is -0.835. The summed E-state index contributed by atoms with van der Waals surface area (Å²) in [4.78, 5) is 32.3. The SMILES string of the molecule is C=C(C)CN1C(SCCCCCCC)=NC2C1C(=O)NC(=O)N2C.